The Morgan fingerprint density at radius 2 is 1.86 bits per heavy atom. The van der Waals surface area contributed by atoms with Crippen LogP contribution in [0, 0.1) is 0 Å². The van der Waals surface area contributed by atoms with Crippen molar-refractivity contribution in [2.24, 2.45) is 0 Å². The van der Waals surface area contributed by atoms with Crippen LogP contribution in [-0.2, 0) is 5.41 Å². The number of hydrogen-bond acceptors (Lipinski definition) is 4. The smallest absolute Gasteiger partial charge is 0.243 e. The lowest BCUT2D eigenvalue weighted by Crippen LogP contribution is -2.32. The van der Waals surface area contributed by atoms with E-state index in [2.05, 4.69) is 40.8 Å². The molecule has 1 heterocycles. The van der Waals surface area contributed by atoms with Crippen LogP contribution in [-0.4, -0.2) is 17.2 Å². The molecule has 4 heteroatoms. The molecule has 0 saturated heterocycles. The van der Waals surface area contributed by atoms with Gasteiger partial charge in [0.15, 0.2) is 5.82 Å². The van der Waals surface area contributed by atoms with Gasteiger partial charge in [-0.15, -0.1) is 0 Å². The molecule has 1 aliphatic carbocycles. The summed E-state index contributed by atoms with van der Waals surface area (Å²) < 4.78 is 5.49. The van der Waals surface area contributed by atoms with E-state index in [9.17, 15) is 0 Å². The van der Waals surface area contributed by atoms with Crippen molar-refractivity contribution in [1.29, 1.82) is 0 Å². The van der Waals surface area contributed by atoms with Gasteiger partial charge in [0, 0.05) is 0 Å². The highest BCUT2D eigenvalue weighted by Gasteiger charge is 2.40. The highest BCUT2D eigenvalue weighted by molar-refractivity contribution is 5.33. The molecule has 0 bridgehead atoms. The number of nitrogens with zero attached hydrogens (tertiary/aromatic N) is 2. The SMILES string of the molecule is CNC(C)c1nc(C2(c3ccccc3)CCCCC2)no1. The molecule has 0 amide bonds. The molecule has 1 aromatic carbocycles. The molecule has 0 spiro atoms. The highest BCUT2D eigenvalue weighted by Crippen LogP contribution is 2.43. The topological polar surface area (TPSA) is 51.0 Å². The zero-order valence-electron chi connectivity index (χ0n) is 12.8. The Bertz CT molecular complexity index is 573. The Balaban J connectivity index is 2.02. The van der Waals surface area contributed by atoms with Crippen LogP contribution in [0.3, 0.4) is 0 Å². The summed E-state index contributed by atoms with van der Waals surface area (Å²) in [4.78, 5) is 4.71. The maximum absolute atomic E-state index is 5.49. The van der Waals surface area contributed by atoms with Gasteiger partial charge in [0.25, 0.3) is 0 Å². The first-order valence-electron chi connectivity index (χ1n) is 7.83. The molecule has 1 fully saturated rings. The summed E-state index contributed by atoms with van der Waals surface area (Å²) >= 11 is 0. The fourth-order valence-corrected chi connectivity index (χ4v) is 3.28. The Kier molecular flexibility index (Phi) is 4.06. The Morgan fingerprint density at radius 1 is 1.14 bits per heavy atom. The molecule has 4 nitrogen and oxygen atoms in total. The first kappa shape index (κ1) is 14.3. The summed E-state index contributed by atoms with van der Waals surface area (Å²) in [6.45, 7) is 2.04. The third kappa shape index (κ3) is 2.60. The van der Waals surface area contributed by atoms with E-state index < -0.39 is 0 Å². The molecule has 1 atom stereocenters. The van der Waals surface area contributed by atoms with Gasteiger partial charge in [-0.1, -0.05) is 54.8 Å². The van der Waals surface area contributed by atoms with E-state index in [1.54, 1.807) is 0 Å². The summed E-state index contributed by atoms with van der Waals surface area (Å²) in [5.74, 6) is 1.53. The molecule has 21 heavy (non-hydrogen) atoms. The molecule has 1 N–H and O–H groups in total. The van der Waals surface area contributed by atoms with Crippen LogP contribution in [0.1, 0.15) is 62.3 Å². The first-order chi connectivity index (χ1) is 10.3. The number of aromatic nitrogens is 2. The molecule has 1 saturated carbocycles. The summed E-state index contributed by atoms with van der Waals surface area (Å²) in [7, 11) is 1.90. The average molecular weight is 285 g/mol. The minimum Gasteiger partial charge on any atom is -0.338 e. The number of benzene rings is 1. The van der Waals surface area contributed by atoms with E-state index in [1.165, 1.54) is 24.8 Å². The van der Waals surface area contributed by atoms with Crippen molar-refractivity contribution in [2.45, 2.75) is 50.5 Å². The van der Waals surface area contributed by atoms with Crippen molar-refractivity contribution < 1.29 is 4.52 Å². The van der Waals surface area contributed by atoms with Gasteiger partial charge in [0.05, 0.1) is 11.5 Å². The minimum absolute atomic E-state index is 0.0747. The van der Waals surface area contributed by atoms with Crippen molar-refractivity contribution in [1.82, 2.24) is 15.5 Å². The Morgan fingerprint density at radius 3 is 2.52 bits per heavy atom. The molecule has 1 unspecified atom stereocenters. The molecule has 1 aromatic heterocycles. The van der Waals surface area contributed by atoms with Gasteiger partial charge in [-0.05, 0) is 32.4 Å². The molecular weight excluding hydrogens is 262 g/mol. The van der Waals surface area contributed by atoms with Gasteiger partial charge < -0.3 is 9.84 Å². The zero-order chi connectivity index (χ0) is 14.7. The number of hydrogen-bond donors (Lipinski definition) is 1. The predicted octanol–water partition coefficient (Wildman–Crippen LogP) is 3.60. The summed E-state index contributed by atoms with van der Waals surface area (Å²) in [5.41, 5.74) is 1.24. The van der Waals surface area contributed by atoms with Gasteiger partial charge in [-0.2, -0.15) is 4.98 Å². The van der Waals surface area contributed by atoms with E-state index in [0.29, 0.717) is 5.89 Å². The molecule has 0 aliphatic heterocycles. The second kappa shape index (κ2) is 5.98. The van der Waals surface area contributed by atoms with Crippen LogP contribution >= 0.6 is 0 Å². The van der Waals surface area contributed by atoms with Crippen molar-refractivity contribution in [3.05, 3.63) is 47.6 Å². The van der Waals surface area contributed by atoms with Gasteiger partial charge in [0.1, 0.15) is 0 Å². The van der Waals surface area contributed by atoms with Gasteiger partial charge in [0.2, 0.25) is 5.89 Å². The quantitative estimate of drug-likeness (QED) is 0.932. The monoisotopic (exact) mass is 285 g/mol. The lowest BCUT2D eigenvalue weighted by Gasteiger charge is -2.35. The fourth-order valence-electron chi connectivity index (χ4n) is 3.28. The van der Waals surface area contributed by atoms with E-state index in [-0.39, 0.29) is 11.5 Å². The molecule has 2 aromatic rings. The Hall–Kier alpha value is -1.68. The van der Waals surface area contributed by atoms with Crippen LogP contribution in [0.25, 0.3) is 0 Å². The second-order valence-corrected chi connectivity index (χ2v) is 5.98. The van der Waals surface area contributed by atoms with Crippen molar-refractivity contribution >= 4 is 0 Å². The average Bonchev–Trinajstić information content (AvgIpc) is 3.06. The lowest BCUT2D eigenvalue weighted by molar-refractivity contribution is 0.303. The van der Waals surface area contributed by atoms with E-state index in [4.69, 9.17) is 9.51 Å². The van der Waals surface area contributed by atoms with Crippen LogP contribution in [0.15, 0.2) is 34.9 Å². The van der Waals surface area contributed by atoms with Crippen LogP contribution in [0.4, 0.5) is 0 Å². The summed E-state index contributed by atoms with van der Waals surface area (Å²) in [5, 5.41) is 7.48. The minimum atomic E-state index is -0.0747. The zero-order valence-corrected chi connectivity index (χ0v) is 12.8. The molecule has 1 aliphatic rings. The van der Waals surface area contributed by atoms with Crippen LogP contribution < -0.4 is 5.32 Å². The van der Waals surface area contributed by atoms with Crippen molar-refractivity contribution in [2.75, 3.05) is 7.05 Å². The van der Waals surface area contributed by atoms with Gasteiger partial charge in [-0.25, -0.2) is 0 Å². The Labute approximate surface area is 126 Å². The van der Waals surface area contributed by atoms with Gasteiger partial charge >= 0.3 is 0 Å². The largest absolute Gasteiger partial charge is 0.338 e. The second-order valence-electron chi connectivity index (χ2n) is 5.98. The number of nitrogens with one attached hydrogen (secondary N) is 1. The molecular formula is C17H23N3O. The summed E-state index contributed by atoms with van der Waals surface area (Å²) in [6.07, 6.45) is 5.95. The third-order valence-electron chi connectivity index (χ3n) is 4.71. The van der Waals surface area contributed by atoms with Crippen molar-refractivity contribution in [3.63, 3.8) is 0 Å². The van der Waals surface area contributed by atoms with Crippen molar-refractivity contribution in [3.8, 4) is 0 Å². The standard InChI is InChI=1S/C17H23N3O/c1-13(18-2)15-19-16(20-21-15)17(11-7-4-8-12-17)14-9-5-3-6-10-14/h3,5-6,9-10,13,18H,4,7-8,11-12H2,1-2H3. The summed E-state index contributed by atoms with van der Waals surface area (Å²) in [6, 6.07) is 10.7. The number of rotatable bonds is 4. The molecule has 0 radical (unpaired) electrons. The maximum Gasteiger partial charge on any atom is 0.243 e. The van der Waals surface area contributed by atoms with Crippen LogP contribution in [0.5, 0.6) is 0 Å². The molecule has 3 rings (SSSR count). The van der Waals surface area contributed by atoms with E-state index in [0.717, 1.165) is 18.7 Å². The van der Waals surface area contributed by atoms with Crippen LogP contribution in [0.2, 0.25) is 0 Å². The highest BCUT2D eigenvalue weighted by atomic mass is 16.5. The maximum atomic E-state index is 5.49. The van der Waals surface area contributed by atoms with Gasteiger partial charge in [-0.3, -0.25) is 0 Å². The lowest BCUT2D eigenvalue weighted by atomic mass is 9.69. The predicted molar refractivity (Wildman–Crippen MR) is 82.1 cm³/mol. The first-order valence-corrected chi connectivity index (χ1v) is 7.83. The third-order valence-corrected chi connectivity index (χ3v) is 4.71. The fraction of sp³-hybridized carbons (Fsp3) is 0.529. The van der Waals surface area contributed by atoms with E-state index >= 15 is 0 Å². The van der Waals surface area contributed by atoms with E-state index in [1.807, 2.05) is 14.0 Å². The molecule has 112 valence electrons. The normalized spacial score (nSPS) is 19.3.